The highest BCUT2D eigenvalue weighted by Crippen LogP contribution is 2.33. The maximum Gasteiger partial charge on any atom is 0.261 e. The Balaban J connectivity index is 1.79. The van der Waals surface area contributed by atoms with E-state index in [1.54, 1.807) is 0 Å². The predicted octanol–water partition coefficient (Wildman–Crippen LogP) is 1.74. The molecule has 0 aromatic carbocycles. The van der Waals surface area contributed by atoms with Crippen molar-refractivity contribution in [2.24, 2.45) is 5.92 Å². The second-order valence-electron chi connectivity index (χ2n) is 3.78. The summed E-state index contributed by atoms with van der Waals surface area (Å²) in [5, 5.41) is 0. The van der Waals surface area contributed by atoms with Crippen LogP contribution in [0.3, 0.4) is 0 Å². The average Bonchev–Trinajstić information content (AvgIpc) is 2.61. The number of hydrogen-bond acceptors (Lipinski definition) is 1. The average molecular weight is 161 g/mol. The smallest absolute Gasteiger partial charge is 0.261 e. The van der Waals surface area contributed by atoms with Crippen molar-refractivity contribution in [3.63, 3.8) is 0 Å². The molecule has 0 aromatic rings. The second-order valence-corrected chi connectivity index (χ2v) is 3.78. The van der Waals surface area contributed by atoms with E-state index in [0.717, 1.165) is 12.5 Å². The third kappa shape index (κ3) is 1.89. The summed E-state index contributed by atoms with van der Waals surface area (Å²) in [6.45, 7) is 1.52. The maximum atomic E-state index is 12.6. The minimum atomic E-state index is -2.39. The molecular weight excluding hydrogens is 148 g/mol. The Kier molecular flexibility index (Phi) is 1.63. The van der Waals surface area contributed by atoms with Crippen molar-refractivity contribution < 1.29 is 8.78 Å². The van der Waals surface area contributed by atoms with E-state index in [-0.39, 0.29) is 13.0 Å². The first-order valence-electron chi connectivity index (χ1n) is 4.26. The van der Waals surface area contributed by atoms with Gasteiger partial charge in [-0.05, 0) is 18.8 Å². The summed E-state index contributed by atoms with van der Waals surface area (Å²) < 4.78 is 25.2. The highest BCUT2D eigenvalue weighted by molar-refractivity contribution is 4.85. The fourth-order valence-electron chi connectivity index (χ4n) is 1.63. The Morgan fingerprint density at radius 2 is 2.09 bits per heavy atom. The lowest BCUT2D eigenvalue weighted by molar-refractivity contribution is 0.0119. The first-order valence-corrected chi connectivity index (χ1v) is 4.26. The monoisotopic (exact) mass is 161 g/mol. The summed E-state index contributed by atoms with van der Waals surface area (Å²) in [5.74, 6) is -1.65. The van der Waals surface area contributed by atoms with Gasteiger partial charge in [0.1, 0.15) is 0 Å². The molecular formula is C8H13F2N. The van der Waals surface area contributed by atoms with Crippen molar-refractivity contribution >= 4 is 0 Å². The zero-order valence-electron chi connectivity index (χ0n) is 6.52. The summed E-state index contributed by atoms with van der Waals surface area (Å²) in [5.41, 5.74) is 0. The van der Waals surface area contributed by atoms with Crippen molar-refractivity contribution in [3.05, 3.63) is 0 Å². The van der Waals surface area contributed by atoms with Crippen LogP contribution in [0.2, 0.25) is 0 Å². The zero-order valence-corrected chi connectivity index (χ0v) is 6.52. The number of hydrogen-bond donors (Lipinski definition) is 0. The maximum absolute atomic E-state index is 12.6. The topological polar surface area (TPSA) is 3.24 Å². The quantitative estimate of drug-likeness (QED) is 0.596. The molecule has 11 heavy (non-hydrogen) atoms. The molecule has 1 saturated heterocycles. The van der Waals surface area contributed by atoms with Crippen LogP contribution in [-0.4, -0.2) is 30.5 Å². The summed E-state index contributed by atoms with van der Waals surface area (Å²) in [4.78, 5) is 1.90. The van der Waals surface area contributed by atoms with E-state index in [2.05, 4.69) is 0 Å². The molecule has 2 aliphatic rings. The van der Waals surface area contributed by atoms with E-state index in [0.29, 0.717) is 6.54 Å². The fourth-order valence-corrected chi connectivity index (χ4v) is 1.63. The van der Waals surface area contributed by atoms with Crippen LogP contribution in [0.4, 0.5) is 8.78 Å². The van der Waals surface area contributed by atoms with Crippen LogP contribution in [0.5, 0.6) is 0 Å². The molecule has 1 heterocycles. The molecule has 64 valence electrons. The van der Waals surface area contributed by atoms with Gasteiger partial charge in [0.05, 0.1) is 6.54 Å². The summed E-state index contributed by atoms with van der Waals surface area (Å²) in [6.07, 6.45) is 2.57. The first-order chi connectivity index (χ1) is 5.16. The molecule has 3 heteroatoms. The van der Waals surface area contributed by atoms with E-state index in [4.69, 9.17) is 0 Å². The fraction of sp³-hybridized carbons (Fsp3) is 1.00. The van der Waals surface area contributed by atoms with Crippen molar-refractivity contribution in [3.8, 4) is 0 Å². The van der Waals surface area contributed by atoms with Gasteiger partial charge in [0, 0.05) is 19.5 Å². The second kappa shape index (κ2) is 2.41. The number of alkyl halides is 2. The normalized spacial score (nSPS) is 31.1. The largest absolute Gasteiger partial charge is 0.297 e. The van der Waals surface area contributed by atoms with Crippen molar-refractivity contribution in [2.45, 2.75) is 25.2 Å². The molecule has 2 fully saturated rings. The number of halogens is 2. The molecule has 0 bridgehead atoms. The standard InChI is InChI=1S/C8H13F2N/c9-8(10)3-4-11(6-8)5-7-1-2-7/h7H,1-6H2. The van der Waals surface area contributed by atoms with E-state index in [9.17, 15) is 8.78 Å². The van der Waals surface area contributed by atoms with Crippen LogP contribution in [0.1, 0.15) is 19.3 Å². The van der Waals surface area contributed by atoms with Gasteiger partial charge < -0.3 is 0 Å². The van der Waals surface area contributed by atoms with Crippen molar-refractivity contribution in [1.82, 2.24) is 4.90 Å². The molecule has 2 rings (SSSR count). The van der Waals surface area contributed by atoms with Gasteiger partial charge in [0.2, 0.25) is 0 Å². The third-order valence-corrected chi connectivity index (χ3v) is 2.46. The van der Waals surface area contributed by atoms with Gasteiger partial charge in [-0.15, -0.1) is 0 Å². The predicted molar refractivity (Wildman–Crippen MR) is 38.7 cm³/mol. The molecule has 1 aliphatic heterocycles. The van der Waals surface area contributed by atoms with Crippen molar-refractivity contribution in [1.29, 1.82) is 0 Å². The van der Waals surface area contributed by atoms with Crippen LogP contribution >= 0.6 is 0 Å². The highest BCUT2D eigenvalue weighted by Gasteiger charge is 2.39. The van der Waals surface area contributed by atoms with E-state index in [1.165, 1.54) is 12.8 Å². The number of nitrogens with zero attached hydrogens (tertiary/aromatic N) is 1. The lowest BCUT2D eigenvalue weighted by atomic mass is 10.3. The molecule has 0 N–H and O–H groups in total. The Morgan fingerprint density at radius 3 is 2.55 bits per heavy atom. The molecule has 0 spiro atoms. The van der Waals surface area contributed by atoms with Gasteiger partial charge in [-0.3, -0.25) is 4.90 Å². The summed E-state index contributed by atoms with van der Waals surface area (Å²) >= 11 is 0. The van der Waals surface area contributed by atoms with Crippen LogP contribution in [-0.2, 0) is 0 Å². The Morgan fingerprint density at radius 1 is 1.36 bits per heavy atom. The molecule has 1 aliphatic carbocycles. The summed E-state index contributed by atoms with van der Waals surface area (Å²) in [6, 6.07) is 0. The minimum Gasteiger partial charge on any atom is -0.297 e. The highest BCUT2D eigenvalue weighted by atomic mass is 19.3. The van der Waals surface area contributed by atoms with Gasteiger partial charge in [-0.1, -0.05) is 0 Å². The molecule has 0 radical (unpaired) electrons. The molecule has 1 saturated carbocycles. The van der Waals surface area contributed by atoms with Gasteiger partial charge in [0.25, 0.3) is 5.92 Å². The van der Waals surface area contributed by atoms with Crippen LogP contribution < -0.4 is 0 Å². The Labute approximate surface area is 65.4 Å². The number of likely N-dealkylation sites (tertiary alicyclic amines) is 1. The van der Waals surface area contributed by atoms with Crippen LogP contribution in [0.15, 0.2) is 0 Å². The molecule has 0 amide bonds. The van der Waals surface area contributed by atoms with E-state index in [1.807, 2.05) is 4.90 Å². The molecule has 0 aromatic heterocycles. The first kappa shape index (κ1) is 7.47. The molecule has 0 atom stereocenters. The van der Waals surface area contributed by atoms with E-state index < -0.39 is 5.92 Å². The Bertz CT molecular complexity index is 154. The molecule has 0 unspecified atom stereocenters. The van der Waals surface area contributed by atoms with Gasteiger partial charge in [-0.2, -0.15) is 0 Å². The number of rotatable bonds is 2. The van der Waals surface area contributed by atoms with Gasteiger partial charge in [0.15, 0.2) is 0 Å². The van der Waals surface area contributed by atoms with Gasteiger partial charge in [-0.25, -0.2) is 8.78 Å². The van der Waals surface area contributed by atoms with Crippen molar-refractivity contribution in [2.75, 3.05) is 19.6 Å². The molecule has 1 nitrogen and oxygen atoms in total. The minimum absolute atomic E-state index is 0.00347. The lowest BCUT2D eigenvalue weighted by Crippen LogP contribution is -2.26. The lowest BCUT2D eigenvalue weighted by Gasteiger charge is -2.14. The van der Waals surface area contributed by atoms with E-state index >= 15 is 0 Å². The third-order valence-electron chi connectivity index (χ3n) is 2.46. The van der Waals surface area contributed by atoms with Crippen LogP contribution in [0.25, 0.3) is 0 Å². The van der Waals surface area contributed by atoms with Gasteiger partial charge >= 0.3 is 0 Å². The van der Waals surface area contributed by atoms with Crippen LogP contribution in [0, 0.1) is 5.92 Å². The zero-order chi connectivity index (χ0) is 7.90. The Hall–Kier alpha value is -0.180. The summed E-state index contributed by atoms with van der Waals surface area (Å²) in [7, 11) is 0. The SMILES string of the molecule is FC1(F)CCN(CC2CC2)C1.